The fraction of sp³-hybridized carbons (Fsp3) is 0.250. The molecule has 0 bridgehead atoms. The van der Waals surface area contributed by atoms with Crippen molar-refractivity contribution in [3.8, 4) is 5.75 Å². The maximum absolute atomic E-state index is 13.3. The van der Waals surface area contributed by atoms with Gasteiger partial charge in [0.15, 0.2) is 0 Å². The number of nitrogens with zero attached hydrogens (tertiary/aromatic N) is 1. The minimum atomic E-state index is -0.170. The Balaban J connectivity index is 1.54. The molecule has 6 heteroatoms. The standard InChI is InChI=1S/C24H23N3O3/c1-27-13-19(15-6-3-4-7-17(15)24(27)29)23(28)26-21-9-5-8-16-18-12-14(30-2)10-11-20(18)25-22(16)21/h3-4,6-7,10-13,21,25H,5,8-9H2,1-2H3,(H,26,28). The number of H-pyrrole nitrogens is 1. The van der Waals surface area contributed by atoms with Gasteiger partial charge in [0.2, 0.25) is 0 Å². The van der Waals surface area contributed by atoms with Crippen molar-refractivity contribution >= 4 is 27.6 Å². The molecule has 6 nitrogen and oxygen atoms in total. The van der Waals surface area contributed by atoms with Crippen molar-refractivity contribution in [3.05, 3.63) is 75.8 Å². The van der Waals surface area contributed by atoms with Crippen molar-refractivity contribution in [2.45, 2.75) is 25.3 Å². The Labute approximate surface area is 173 Å². The molecule has 5 rings (SSSR count). The van der Waals surface area contributed by atoms with Gasteiger partial charge in [-0.3, -0.25) is 9.59 Å². The minimum Gasteiger partial charge on any atom is -0.497 e. The zero-order valence-corrected chi connectivity index (χ0v) is 17.0. The molecule has 0 fully saturated rings. The van der Waals surface area contributed by atoms with Crippen LogP contribution in [0.15, 0.2) is 53.5 Å². The highest BCUT2D eigenvalue weighted by Crippen LogP contribution is 2.36. The van der Waals surface area contributed by atoms with E-state index in [-0.39, 0.29) is 17.5 Å². The third-order valence-electron chi connectivity index (χ3n) is 6.06. The smallest absolute Gasteiger partial charge is 0.258 e. The SMILES string of the molecule is COc1ccc2[nH]c3c(c2c1)CCCC3NC(=O)c1cn(C)c(=O)c2ccccc12. The van der Waals surface area contributed by atoms with Gasteiger partial charge in [0.25, 0.3) is 11.5 Å². The Bertz CT molecular complexity index is 1350. The van der Waals surface area contributed by atoms with Gasteiger partial charge >= 0.3 is 0 Å². The number of carbonyl (C=O) groups is 1. The number of pyridine rings is 1. The molecule has 2 heterocycles. The molecule has 152 valence electrons. The summed E-state index contributed by atoms with van der Waals surface area (Å²) in [6.07, 6.45) is 4.46. The van der Waals surface area contributed by atoms with Crippen molar-refractivity contribution in [3.63, 3.8) is 0 Å². The molecule has 0 saturated heterocycles. The van der Waals surface area contributed by atoms with E-state index in [1.54, 1.807) is 26.4 Å². The molecule has 1 amide bonds. The summed E-state index contributed by atoms with van der Waals surface area (Å²) in [6, 6.07) is 13.2. The number of benzene rings is 2. The van der Waals surface area contributed by atoms with Gasteiger partial charge in [-0.2, -0.15) is 0 Å². The lowest BCUT2D eigenvalue weighted by atomic mass is 9.91. The van der Waals surface area contributed by atoms with Crippen LogP contribution in [-0.4, -0.2) is 22.6 Å². The minimum absolute atomic E-state index is 0.101. The molecule has 1 aliphatic rings. The maximum Gasteiger partial charge on any atom is 0.258 e. The lowest BCUT2D eigenvalue weighted by Gasteiger charge is -2.24. The molecule has 2 aromatic carbocycles. The summed E-state index contributed by atoms with van der Waals surface area (Å²) < 4.78 is 6.85. The zero-order valence-electron chi connectivity index (χ0n) is 17.0. The van der Waals surface area contributed by atoms with Gasteiger partial charge in [0.1, 0.15) is 5.75 Å². The number of aryl methyl sites for hydroxylation is 2. The number of hydrogen-bond donors (Lipinski definition) is 2. The number of aromatic amines is 1. The van der Waals surface area contributed by atoms with Gasteiger partial charge < -0.3 is 19.6 Å². The van der Waals surface area contributed by atoms with Gasteiger partial charge in [-0.15, -0.1) is 0 Å². The molecule has 0 radical (unpaired) electrons. The molecule has 30 heavy (non-hydrogen) atoms. The lowest BCUT2D eigenvalue weighted by Crippen LogP contribution is -2.32. The first-order valence-electron chi connectivity index (χ1n) is 10.1. The average Bonchev–Trinajstić information content (AvgIpc) is 3.15. The number of ether oxygens (including phenoxy) is 1. The molecule has 0 spiro atoms. The Morgan fingerprint density at radius 3 is 2.77 bits per heavy atom. The molecular formula is C24H23N3O3. The summed E-state index contributed by atoms with van der Waals surface area (Å²) in [4.78, 5) is 29.2. The summed E-state index contributed by atoms with van der Waals surface area (Å²) in [5, 5.41) is 5.58. The summed E-state index contributed by atoms with van der Waals surface area (Å²) in [5.41, 5.74) is 3.76. The first-order valence-corrected chi connectivity index (χ1v) is 10.1. The molecule has 1 unspecified atom stereocenters. The van der Waals surface area contributed by atoms with Crippen LogP contribution in [0.3, 0.4) is 0 Å². The zero-order chi connectivity index (χ0) is 20.8. The number of methoxy groups -OCH3 is 1. The predicted molar refractivity (Wildman–Crippen MR) is 117 cm³/mol. The van der Waals surface area contributed by atoms with Crippen LogP contribution in [0.5, 0.6) is 5.75 Å². The number of nitrogens with one attached hydrogen (secondary N) is 2. The fourth-order valence-corrected chi connectivity index (χ4v) is 4.55. The molecule has 2 aromatic heterocycles. The second kappa shape index (κ2) is 7.06. The quantitative estimate of drug-likeness (QED) is 0.548. The molecule has 0 aliphatic heterocycles. The van der Waals surface area contributed by atoms with Crippen LogP contribution in [0.4, 0.5) is 0 Å². The normalized spacial score (nSPS) is 15.9. The van der Waals surface area contributed by atoms with Crippen molar-refractivity contribution in [2.75, 3.05) is 7.11 Å². The first-order chi connectivity index (χ1) is 14.6. The largest absolute Gasteiger partial charge is 0.497 e. The van der Waals surface area contributed by atoms with Crippen molar-refractivity contribution < 1.29 is 9.53 Å². The van der Waals surface area contributed by atoms with Crippen molar-refractivity contribution in [2.24, 2.45) is 7.05 Å². The molecular weight excluding hydrogens is 378 g/mol. The van der Waals surface area contributed by atoms with Crippen molar-refractivity contribution in [1.29, 1.82) is 0 Å². The number of rotatable bonds is 3. The van der Waals surface area contributed by atoms with E-state index in [2.05, 4.69) is 16.4 Å². The van der Waals surface area contributed by atoms with E-state index >= 15 is 0 Å². The van der Waals surface area contributed by atoms with Crippen LogP contribution in [-0.2, 0) is 13.5 Å². The maximum atomic E-state index is 13.3. The lowest BCUT2D eigenvalue weighted by molar-refractivity contribution is 0.0933. The summed E-state index contributed by atoms with van der Waals surface area (Å²) in [6.45, 7) is 0. The highest BCUT2D eigenvalue weighted by Gasteiger charge is 2.27. The first kappa shape index (κ1) is 18.5. The van der Waals surface area contributed by atoms with E-state index in [1.807, 2.05) is 30.3 Å². The summed E-state index contributed by atoms with van der Waals surface area (Å²) in [5.74, 6) is 0.656. The number of aromatic nitrogens is 2. The van der Waals surface area contributed by atoms with Gasteiger partial charge in [-0.1, -0.05) is 18.2 Å². The molecule has 1 atom stereocenters. The van der Waals surface area contributed by atoms with Crippen LogP contribution >= 0.6 is 0 Å². The Hall–Kier alpha value is -3.54. The van der Waals surface area contributed by atoms with E-state index < -0.39 is 0 Å². The second-order valence-electron chi connectivity index (χ2n) is 7.85. The van der Waals surface area contributed by atoms with Gasteiger partial charge in [-0.05, 0) is 49.1 Å². The number of amides is 1. The summed E-state index contributed by atoms with van der Waals surface area (Å²) in [7, 11) is 3.34. The van der Waals surface area contributed by atoms with Gasteiger partial charge in [-0.25, -0.2) is 0 Å². The van der Waals surface area contributed by atoms with Crippen LogP contribution in [0.1, 0.15) is 40.5 Å². The molecule has 1 aliphatic carbocycles. The topological polar surface area (TPSA) is 76.1 Å². The molecule has 0 saturated carbocycles. The average molecular weight is 401 g/mol. The number of hydrogen-bond acceptors (Lipinski definition) is 3. The Morgan fingerprint density at radius 1 is 1.17 bits per heavy atom. The second-order valence-corrected chi connectivity index (χ2v) is 7.85. The fourth-order valence-electron chi connectivity index (χ4n) is 4.55. The van der Waals surface area contributed by atoms with Crippen LogP contribution < -0.4 is 15.6 Å². The molecule has 2 N–H and O–H groups in total. The third-order valence-corrected chi connectivity index (χ3v) is 6.06. The Kier molecular flexibility index (Phi) is 4.35. The predicted octanol–water partition coefficient (Wildman–Crippen LogP) is 3.84. The van der Waals surface area contributed by atoms with E-state index in [4.69, 9.17) is 4.74 Å². The molecule has 4 aromatic rings. The van der Waals surface area contributed by atoms with E-state index in [1.165, 1.54) is 10.1 Å². The van der Waals surface area contributed by atoms with Crippen LogP contribution in [0.2, 0.25) is 0 Å². The number of carbonyl (C=O) groups excluding carboxylic acids is 1. The van der Waals surface area contributed by atoms with Crippen molar-refractivity contribution in [1.82, 2.24) is 14.9 Å². The van der Waals surface area contributed by atoms with E-state index in [9.17, 15) is 9.59 Å². The Morgan fingerprint density at radius 2 is 1.97 bits per heavy atom. The van der Waals surface area contributed by atoms with Gasteiger partial charge in [0.05, 0.1) is 18.7 Å². The summed E-state index contributed by atoms with van der Waals surface area (Å²) >= 11 is 0. The highest BCUT2D eigenvalue weighted by atomic mass is 16.5. The highest BCUT2D eigenvalue weighted by molar-refractivity contribution is 6.06. The van der Waals surface area contributed by atoms with Gasteiger partial charge in [0, 0.05) is 40.6 Å². The monoisotopic (exact) mass is 401 g/mol. The van der Waals surface area contributed by atoms with Crippen LogP contribution in [0.25, 0.3) is 21.7 Å². The van der Waals surface area contributed by atoms with E-state index in [0.29, 0.717) is 16.3 Å². The van der Waals surface area contributed by atoms with Crippen LogP contribution in [0, 0.1) is 0 Å². The third kappa shape index (κ3) is 2.87. The number of fused-ring (bicyclic) bond motifs is 4. The van der Waals surface area contributed by atoms with E-state index in [0.717, 1.165) is 41.6 Å².